The molecule has 0 spiro atoms. The van der Waals surface area contributed by atoms with E-state index in [2.05, 4.69) is 10.1 Å². The molecule has 33 heavy (non-hydrogen) atoms. The van der Waals surface area contributed by atoms with E-state index < -0.39 is 28.0 Å². The number of fused-ring (bicyclic) bond motifs is 1. The highest BCUT2D eigenvalue weighted by Crippen LogP contribution is 2.37. The van der Waals surface area contributed by atoms with Gasteiger partial charge in [-0.2, -0.15) is 0 Å². The number of nitrogens with zero attached hydrogens (tertiary/aromatic N) is 1. The molecule has 1 amide bonds. The molecule has 4 rings (SSSR count). The van der Waals surface area contributed by atoms with Gasteiger partial charge >= 0.3 is 5.97 Å². The minimum atomic E-state index is -3.99. The number of carbonyl (C=O) groups excluding carboxylic acids is 2. The summed E-state index contributed by atoms with van der Waals surface area (Å²) < 4.78 is 38.4. The molecule has 10 heteroatoms. The van der Waals surface area contributed by atoms with Gasteiger partial charge in [0.15, 0.2) is 6.10 Å². The normalized spacial score (nSPS) is 15.2. The zero-order chi connectivity index (χ0) is 23.6. The molecule has 8 nitrogen and oxygen atoms in total. The van der Waals surface area contributed by atoms with Crippen LogP contribution in [0.25, 0.3) is 0 Å². The highest BCUT2D eigenvalue weighted by molar-refractivity contribution is 7.92. The molecule has 1 heterocycles. The maximum absolute atomic E-state index is 13.4. The number of benzene rings is 3. The fourth-order valence-electron chi connectivity index (χ4n) is 3.33. The zero-order valence-electron chi connectivity index (χ0n) is 17.4. The third-order valence-corrected chi connectivity index (χ3v) is 7.05. The number of hydrogen-bond acceptors (Lipinski definition) is 6. The second-order valence-corrected chi connectivity index (χ2v) is 9.42. The predicted molar refractivity (Wildman–Crippen MR) is 123 cm³/mol. The first-order chi connectivity index (χ1) is 15.8. The molecule has 0 fully saturated rings. The van der Waals surface area contributed by atoms with Crippen LogP contribution in [0.5, 0.6) is 5.75 Å². The SMILES string of the molecule is COC(=O)c1ccc(NC(=O)C2CN(S(=O)(=O)c3ccc(Cl)cc3)c3ccccc3O2)cc1. The smallest absolute Gasteiger partial charge is 0.337 e. The molecule has 0 saturated heterocycles. The van der Waals surface area contributed by atoms with Gasteiger partial charge in [-0.25, -0.2) is 13.2 Å². The number of amides is 1. The maximum Gasteiger partial charge on any atom is 0.337 e. The fraction of sp³-hybridized carbons (Fsp3) is 0.130. The first-order valence-corrected chi connectivity index (χ1v) is 11.6. The van der Waals surface area contributed by atoms with E-state index in [0.717, 1.165) is 4.31 Å². The van der Waals surface area contributed by atoms with Gasteiger partial charge in [0.25, 0.3) is 15.9 Å². The van der Waals surface area contributed by atoms with Crippen molar-refractivity contribution in [2.24, 2.45) is 0 Å². The number of hydrogen-bond donors (Lipinski definition) is 1. The van der Waals surface area contributed by atoms with Crippen molar-refractivity contribution in [2.45, 2.75) is 11.0 Å². The summed E-state index contributed by atoms with van der Waals surface area (Å²) in [5.74, 6) is -0.766. The molecule has 1 unspecified atom stereocenters. The molecule has 0 bridgehead atoms. The van der Waals surface area contributed by atoms with Gasteiger partial charge in [-0.1, -0.05) is 23.7 Å². The largest absolute Gasteiger partial charge is 0.476 e. The number of methoxy groups -OCH3 is 1. The van der Waals surface area contributed by atoms with Crippen LogP contribution in [0, 0.1) is 0 Å². The summed E-state index contributed by atoms with van der Waals surface area (Å²) in [6, 6.07) is 18.5. The molecule has 3 aromatic rings. The second-order valence-electron chi connectivity index (χ2n) is 7.12. The Morgan fingerprint density at radius 2 is 1.70 bits per heavy atom. The van der Waals surface area contributed by atoms with E-state index in [-0.39, 0.29) is 17.2 Å². The molecule has 1 aliphatic heterocycles. The molecule has 3 aromatic carbocycles. The Bertz CT molecular complexity index is 1290. The molecule has 1 aliphatic rings. The van der Waals surface area contributed by atoms with Crippen molar-refractivity contribution in [1.29, 1.82) is 0 Å². The topological polar surface area (TPSA) is 102 Å². The quantitative estimate of drug-likeness (QED) is 0.551. The van der Waals surface area contributed by atoms with E-state index in [1.54, 1.807) is 36.4 Å². The lowest BCUT2D eigenvalue weighted by molar-refractivity contribution is -0.122. The molecule has 1 N–H and O–H groups in total. The zero-order valence-corrected chi connectivity index (χ0v) is 19.0. The number of carbonyl (C=O) groups is 2. The molecular formula is C23H19ClN2O6S. The Morgan fingerprint density at radius 1 is 1.03 bits per heavy atom. The first-order valence-electron chi connectivity index (χ1n) is 9.83. The van der Waals surface area contributed by atoms with Crippen molar-refractivity contribution in [1.82, 2.24) is 0 Å². The van der Waals surface area contributed by atoms with Gasteiger partial charge in [0.05, 0.1) is 29.8 Å². The van der Waals surface area contributed by atoms with Crippen molar-refractivity contribution in [3.05, 3.63) is 83.4 Å². The number of esters is 1. The summed E-state index contributed by atoms with van der Waals surface area (Å²) in [6.45, 7) is -0.228. The minimum Gasteiger partial charge on any atom is -0.476 e. The predicted octanol–water partition coefficient (Wildman–Crippen LogP) is 3.72. The van der Waals surface area contributed by atoms with Gasteiger partial charge in [0.1, 0.15) is 5.75 Å². The number of rotatable bonds is 5. The Labute approximate surface area is 195 Å². The van der Waals surface area contributed by atoms with E-state index in [4.69, 9.17) is 16.3 Å². The monoisotopic (exact) mass is 486 g/mol. The van der Waals surface area contributed by atoms with Gasteiger partial charge in [-0.15, -0.1) is 0 Å². The number of nitrogens with one attached hydrogen (secondary N) is 1. The van der Waals surface area contributed by atoms with Crippen LogP contribution in [0.4, 0.5) is 11.4 Å². The van der Waals surface area contributed by atoms with E-state index >= 15 is 0 Å². The highest BCUT2D eigenvalue weighted by Gasteiger charge is 2.37. The Morgan fingerprint density at radius 3 is 2.36 bits per heavy atom. The van der Waals surface area contributed by atoms with E-state index in [9.17, 15) is 18.0 Å². The lowest BCUT2D eigenvalue weighted by Crippen LogP contribution is -2.48. The third-order valence-electron chi connectivity index (χ3n) is 5.00. The van der Waals surface area contributed by atoms with E-state index in [1.165, 1.54) is 43.5 Å². The number of sulfonamides is 1. The average Bonchev–Trinajstić information content (AvgIpc) is 2.83. The number of para-hydroxylation sites is 2. The van der Waals surface area contributed by atoms with Crippen molar-refractivity contribution in [3.8, 4) is 5.75 Å². The second kappa shape index (κ2) is 9.13. The van der Waals surface area contributed by atoms with Gasteiger partial charge in [-0.05, 0) is 60.7 Å². The average molecular weight is 487 g/mol. The van der Waals surface area contributed by atoms with Gasteiger partial charge in [0.2, 0.25) is 0 Å². The minimum absolute atomic E-state index is 0.0427. The summed E-state index contributed by atoms with van der Waals surface area (Å²) in [7, 11) is -2.71. The fourth-order valence-corrected chi connectivity index (χ4v) is 4.93. The van der Waals surface area contributed by atoms with Crippen LogP contribution in [-0.2, 0) is 19.6 Å². The standard InChI is InChI=1S/C23H19ClN2O6S/c1-31-23(28)15-6-10-17(11-7-15)25-22(27)21-14-26(19-4-2-3-5-20(19)32-21)33(29,30)18-12-8-16(24)9-13-18/h2-13,21H,14H2,1H3,(H,25,27). The van der Waals surface area contributed by atoms with E-state index in [1.807, 2.05) is 0 Å². The molecule has 1 atom stereocenters. The maximum atomic E-state index is 13.4. The summed E-state index contributed by atoms with van der Waals surface area (Å²) in [5.41, 5.74) is 1.08. The van der Waals surface area contributed by atoms with Crippen LogP contribution in [0.3, 0.4) is 0 Å². The lowest BCUT2D eigenvalue weighted by atomic mass is 10.2. The molecule has 0 saturated carbocycles. The summed E-state index contributed by atoms with van der Waals surface area (Å²) in [6.07, 6.45) is -1.11. The number of ether oxygens (including phenoxy) is 2. The van der Waals surface area contributed by atoms with E-state index in [0.29, 0.717) is 22.0 Å². The van der Waals surface area contributed by atoms with Crippen molar-refractivity contribution in [2.75, 3.05) is 23.3 Å². The van der Waals surface area contributed by atoms with Gasteiger partial charge < -0.3 is 14.8 Å². The van der Waals surface area contributed by atoms with Crippen LogP contribution in [0.1, 0.15) is 10.4 Å². The molecule has 170 valence electrons. The summed E-state index contributed by atoms with van der Waals surface area (Å²) >= 11 is 5.90. The lowest BCUT2D eigenvalue weighted by Gasteiger charge is -2.34. The Balaban J connectivity index is 1.60. The molecule has 0 radical (unpaired) electrons. The van der Waals surface area contributed by atoms with Gasteiger partial charge in [0, 0.05) is 10.7 Å². The first kappa shape index (κ1) is 22.6. The number of halogens is 1. The van der Waals surface area contributed by atoms with Crippen molar-refractivity contribution < 1.29 is 27.5 Å². The Hall–Kier alpha value is -3.56. The highest BCUT2D eigenvalue weighted by atomic mass is 35.5. The van der Waals surface area contributed by atoms with Gasteiger partial charge in [-0.3, -0.25) is 9.10 Å². The molecule has 0 aliphatic carbocycles. The molecular weight excluding hydrogens is 468 g/mol. The summed E-state index contributed by atoms with van der Waals surface area (Å²) in [5, 5.41) is 3.10. The van der Waals surface area contributed by atoms with Crippen LogP contribution in [0.2, 0.25) is 5.02 Å². The molecule has 0 aromatic heterocycles. The number of anilines is 2. The Kier molecular flexibility index (Phi) is 6.26. The van der Waals surface area contributed by atoms with Crippen molar-refractivity contribution in [3.63, 3.8) is 0 Å². The van der Waals surface area contributed by atoms with Crippen LogP contribution >= 0.6 is 11.6 Å². The third kappa shape index (κ3) is 4.64. The van der Waals surface area contributed by atoms with Crippen molar-refractivity contribution >= 4 is 44.9 Å². The van der Waals surface area contributed by atoms with Crippen LogP contribution in [0.15, 0.2) is 77.7 Å². The summed E-state index contributed by atoms with van der Waals surface area (Å²) in [4.78, 5) is 24.6. The van der Waals surface area contributed by atoms with Crippen LogP contribution in [-0.4, -0.2) is 40.1 Å². The van der Waals surface area contributed by atoms with Crippen LogP contribution < -0.4 is 14.4 Å².